The van der Waals surface area contributed by atoms with Gasteiger partial charge < -0.3 is 10.2 Å². The van der Waals surface area contributed by atoms with Crippen LogP contribution in [0.3, 0.4) is 0 Å². The maximum Gasteiger partial charge on any atom is 0.248 e. The van der Waals surface area contributed by atoms with Gasteiger partial charge in [-0.15, -0.1) is 11.3 Å². The smallest absolute Gasteiger partial charge is 0.248 e. The third-order valence-corrected chi connectivity index (χ3v) is 3.41. The fraction of sp³-hybridized carbons (Fsp3) is 0.273. The average molecular weight is 236 g/mol. The summed E-state index contributed by atoms with van der Waals surface area (Å²) in [6.45, 7) is 4.48. The third kappa shape index (κ3) is 1.86. The van der Waals surface area contributed by atoms with E-state index in [1.807, 2.05) is 17.5 Å². The topological polar surface area (TPSA) is 49.4 Å². The van der Waals surface area contributed by atoms with E-state index in [4.69, 9.17) is 0 Å². The van der Waals surface area contributed by atoms with E-state index in [9.17, 15) is 9.59 Å². The van der Waals surface area contributed by atoms with Gasteiger partial charge in [0.1, 0.15) is 6.04 Å². The fourth-order valence-corrected chi connectivity index (χ4v) is 2.59. The number of nitrogens with one attached hydrogen (secondary N) is 1. The summed E-state index contributed by atoms with van der Waals surface area (Å²) in [5.41, 5.74) is 0. The Morgan fingerprint density at radius 1 is 1.69 bits per heavy atom. The summed E-state index contributed by atoms with van der Waals surface area (Å²) >= 11 is 1.48. The lowest BCUT2D eigenvalue weighted by atomic mass is 10.1. The van der Waals surface area contributed by atoms with Gasteiger partial charge in [0.15, 0.2) is 0 Å². The summed E-state index contributed by atoms with van der Waals surface area (Å²) in [5, 5.41) is 4.67. The number of hydrogen-bond donors (Lipinski definition) is 1. The molecule has 2 amide bonds. The molecule has 0 bridgehead atoms. The number of amides is 2. The number of hydrogen-bond acceptors (Lipinski definition) is 3. The Hall–Kier alpha value is -1.62. The van der Waals surface area contributed by atoms with Crippen molar-refractivity contribution in [1.29, 1.82) is 0 Å². The van der Waals surface area contributed by atoms with Gasteiger partial charge in [-0.2, -0.15) is 0 Å². The highest BCUT2D eigenvalue weighted by Gasteiger charge is 2.33. The molecule has 1 atom stereocenters. The average Bonchev–Trinajstić information content (AvgIpc) is 2.81. The van der Waals surface area contributed by atoms with Crippen molar-refractivity contribution in [3.05, 3.63) is 35.0 Å². The molecule has 0 radical (unpaired) electrons. The zero-order valence-electron chi connectivity index (χ0n) is 8.68. The summed E-state index contributed by atoms with van der Waals surface area (Å²) in [7, 11) is 0. The molecule has 5 heteroatoms. The van der Waals surface area contributed by atoms with Crippen molar-refractivity contribution in [3.63, 3.8) is 0 Å². The number of rotatable bonds is 2. The normalized spacial score (nSPS) is 20.4. The number of carbonyl (C=O) groups is 2. The van der Waals surface area contributed by atoms with Crippen molar-refractivity contribution < 1.29 is 9.59 Å². The molecule has 0 aliphatic carbocycles. The van der Waals surface area contributed by atoms with Gasteiger partial charge in [-0.05, 0) is 17.5 Å². The molecule has 1 aromatic rings. The molecule has 1 aromatic heterocycles. The van der Waals surface area contributed by atoms with E-state index in [1.165, 1.54) is 17.4 Å². The minimum absolute atomic E-state index is 0.121. The van der Waals surface area contributed by atoms with E-state index < -0.39 is 6.04 Å². The Morgan fingerprint density at radius 2 is 2.50 bits per heavy atom. The molecule has 1 fully saturated rings. The van der Waals surface area contributed by atoms with Gasteiger partial charge in [-0.3, -0.25) is 9.59 Å². The zero-order valence-corrected chi connectivity index (χ0v) is 9.50. The molecule has 0 unspecified atom stereocenters. The van der Waals surface area contributed by atoms with E-state index in [-0.39, 0.29) is 11.8 Å². The van der Waals surface area contributed by atoms with E-state index in [1.54, 1.807) is 4.90 Å². The Morgan fingerprint density at radius 3 is 3.12 bits per heavy atom. The van der Waals surface area contributed by atoms with Gasteiger partial charge in [0.25, 0.3) is 0 Å². The summed E-state index contributed by atoms with van der Waals surface area (Å²) in [4.78, 5) is 25.9. The second kappa shape index (κ2) is 4.49. The van der Waals surface area contributed by atoms with Crippen molar-refractivity contribution in [1.82, 2.24) is 10.2 Å². The Labute approximate surface area is 97.6 Å². The molecule has 2 rings (SSSR count). The molecule has 1 N–H and O–H groups in total. The molecular weight excluding hydrogens is 224 g/mol. The van der Waals surface area contributed by atoms with E-state index in [0.717, 1.165) is 4.88 Å². The summed E-state index contributed by atoms with van der Waals surface area (Å²) in [6, 6.07) is 3.24. The van der Waals surface area contributed by atoms with Crippen molar-refractivity contribution in [3.8, 4) is 0 Å². The molecule has 0 saturated carbocycles. The first-order chi connectivity index (χ1) is 7.74. The highest BCUT2D eigenvalue weighted by Crippen LogP contribution is 2.27. The van der Waals surface area contributed by atoms with E-state index in [0.29, 0.717) is 13.1 Å². The van der Waals surface area contributed by atoms with Crippen LogP contribution in [0.2, 0.25) is 0 Å². The maximum atomic E-state index is 11.8. The van der Waals surface area contributed by atoms with Crippen LogP contribution in [0, 0.1) is 0 Å². The van der Waals surface area contributed by atoms with E-state index in [2.05, 4.69) is 11.9 Å². The third-order valence-electron chi connectivity index (χ3n) is 2.48. The number of nitrogens with zero attached hydrogens (tertiary/aromatic N) is 1. The van der Waals surface area contributed by atoms with Gasteiger partial charge in [0.05, 0.1) is 0 Å². The van der Waals surface area contributed by atoms with Crippen molar-refractivity contribution in [2.45, 2.75) is 6.04 Å². The first kappa shape index (κ1) is 10.9. The largest absolute Gasteiger partial charge is 0.352 e. The van der Waals surface area contributed by atoms with Crippen LogP contribution in [-0.2, 0) is 9.59 Å². The summed E-state index contributed by atoms with van der Waals surface area (Å²) in [6.07, 6.45) is 1.25. The van der Waals surface area contributed by atoms with Gasteiger partial charge >= 0.3 is 0 Å². The van der Waals surface area contributed by atoms with Crippen molar-refractivity contribution in [2.24, 2.45) is 0 Å². The molecule has 84 valence electrons. The lowest BCUT2D eigenvalue weighted by molar-refractivity contribution is -0.140. The van der Waals surface area contributed by atoms with Crippen LogP contribution in [0.25, 0.3) is 0 Å². The molecule has 16 heavy (non-hydrogen) atoms. The van der Waals surface area contributed by atoms with Crippen LogP contribution in [0.15, 0.2) is 30.2 Å². The second-order valence-corrected chi connectivity index (χ2v) is 4.42. The second-order valence-electron chi connectivity index (χ2n) is 3.44. The molecule has 1 saturated heterocycles. The molecule has 2 heterocycles. The summed E-state index contributed by atoms with van der Waals surface area (Å²) < 4.78 is 0. The fourth-order valence-electron chi connectivity index (χ4n) is 1.75. The predicted octanol–water partition coefficient (Wildman–Crippen LogP) is 0.934. The van der Waals surface area contributed by atoms with Crippen molar-refractivity contribution in [2.75, 3.05) is 13.1 Å². The van der Waals surface area contributed by atoms with Gasteiger partial charge in [0, 0.05) is 18.0 Å². The SMILES string of the molecule is C=CC(=O)N1CCNC(=O)[C@H]1c1cccs1. The monoisotopic (exact) mass is 236 g/mol. The van der Waals surface area contributed by atoms with Crippen LogP contribution in [0.1, 0.15) is 10.9 Å². The molecule has 0 spiro atoms. The highest BCUT2D eigenvalue weighted by atomic mass is 32.1. The first-order valence-electron chi connectivity index (χ1n) is 4.98. The van der Waals surface area contributed by atoms with Gasteiger partial charge in [-0.25, -0.2) is 0 Å². The van der Waals surface area contributed by atoms with E-state index >= 15 is 0 Å². The number of piperazine rings is 1. The molecule has 4 nitrogen and oxygen atoms in total. The minimum atomic E-state index is -0.501. The lowest BCUT2D eigenvalue weighted by Gasteiger charge is -2.33. The Kier molecular flexibility index (Phi) is 3.05. The van der Waals surface area contributed by atoms with Crippen LogP contribution in [-0.4, -0.2) is 29.8 Å². The maximum absolute atomic E-state index is 11.8. The quantitative estimate of drug-likeness (QED) is 0.777. The molecule has 1 aliphatic rings. The lowest BCUT2D eigenvalue weighted by Crippen LogP contribution is -2.51. The van der Waals surface area contributed by atoms with Crippen LogP contribution in [0.5, 0.6) is 0 Å². The number of carbonyl (C=O) groups excluding carboxylic acids is 2. The minimum Gasteiger partial charge on any atom is -0.352 e. The van der Waals surface area contributed by atoms with Crippen LogP contribution >= 0.6 is 11.3 Å². The molecular formula is C11H12N2O2S. The first-order valence-corrected chi connectivity index (χ1v) is 5.86. The molecule has 1 aliphatic heterocycles. The highest BCUT2D eigenvalue weighted by molar-refractivity contribution is 7.10. The standard InChI is InChI=1S/C11H12N2O2S/c1-2-9(14)13-6-5-12-11(15)10(13)8-4-3-7-16-8/h2-4,7,10H,1,5-6H2,(H,12,15)/t10-/m1/s1. The van der Waals surface area contributed by atoms with Gasteiger partial charge in [0.2, 0.25) is 11.8 Å². The zero-order chi connectivity index (χ0) is 11.5. The van der Waals surface area contributed by atoms with Crippen LogP contribution in [0.4, 0.5) is 0 Å². The predicted molar refractivity (Wildman–Crippen MR) is 62.0 cm³/mol. The van der Waals surface area contributed by atoms with Crippen molar-refractivity contribution >= 4 is 23.2 Å². The number of thiophene rings is 1. The van der Waals surface area contributed by atoms with Crippen LogP contribution < -0.4 is 5.32 Å². The Bertz CT molecular complexity index is 414. The Balaban J connectivity index is 2.31. The van der Waals surface area contributed by atoms with Gasteiger partial charge in [-0.1, -0.05) is 12.6 Å². The molecule has 0 aromatic carbocycles. The summed E-state index contributed by atoms with van der Waals surface area (Å²) in [5.74, 6) is -0.322.